The van der Waals surface area contributed by atoms with E-state index in [4.69, 9.17) is 19.9 Å². The molecule has 4 rings (SSSR count). The van der Waals surface area contributed by atoms with Gasteiger partial charge in [-0.2, -0.15) is 0 Å². The molecule has 7 atom stereocenters. The average Bonchev–Trinajstić information content (AvgIpc) is 3.74. The summed E-state index contributed by atoms with van der Waals surface area (Å²) in [7, 11) is -5.73. The minimum atomic E-state index is -1.99. The van der Waals surface area contributed by atoms with E-state index < -0.39 is 25.0 Å². The van der Waals surface area contributed by atoms with Gasteiger partial charge in [-0.25, -0.2) is 0 Å². The molecule has 4 aliphatic carbocycles. The van der Waals surface area contributed by atoms with Gasteiger partial charge in [0.1, 0.15) is 0 Å². The van der Waals surface area contributed by atoms with Crippen molar-refractivity contribution in [2.75, 3.05) is 0 Å². The first-order valence-corrected chi connectivity index (χ1v) is 29.6. The number of rotatable bonds is 11. The van der Waals surface area contributed by atoms with Crippen molar-refractivity contribution < 1.29 is 13.3 Å². The van der Waals surface area contributed by atoms with Gasteiger partial charge < -0.3 is 13.3 Å². The van der Waals surface area contributed by atoms with Crippen LogP contribution in [-0.2, 0) is 13.3 Å². The zero-order valence-electron chi connectivity index (χ0n) is 36.6. The Labute approximate surface area is 320 Å². The van der Waals surface area contributed by atoms with Crippen molar-refractivity contribution in [1.82, 2.24) is 0 Å². The van der Waals surface area contributed by atoms with Crippen LogP contribution in [0.2, 0.25) is 54.4 Å². The van der Waals surface area contributed by atoms with Gasteiger partial charge in [0.2, 0.25) is 0 Å². The maximum Gasteiger partial charge on any atom is 0.192 e. The number of hydrogen-bond donors (Lipinski definition) is 0. The lowest BCUT2D eigenvalue weighted by Gasteiger charge is -2.45. The molecule has 0 amide bonds. The topological polar surface area (TPSA) is 27.7 Å². The Bertz CT molecular complexity index is 1330. The molecule has 0 aromatic rings. The van der Waals surface area contributed by atoms with Gasteiger partial charge >= 0.3 is 0 Å². The summed E-state index contributed by atoms with van der Waals surface area (Å²) in [5, 5.41) is 0.575. The fourth-order valence-electron chi connectivity index (χ4n) is 8.56. The third-order valence-corrected chi connectivity index (χ3v) is 28.8. The first-order valence-electron chi connectivity index (χ1n) is 20.9. The van der Waals surface area contributed by atoms with E-state index in [1.165, 1.54) is 56.1 Å². The molecule has 4 aliphatic rings. The summed E-state index contributed by atoms with van der Waals surface area (Å²) < 4.78 is 21.3. The van der Waals surface area contributed by atoms with Crippen LogP contribution < -0.4 is 0 Å². The Hall–Kier alpha value is -0.509. The predicted molar refractivity (Wildman–Crippen MR) is 230 cm³/mol. The van der Waals surface area contributed by atoms with Crippen LogP contribution in [-0.4, -0.2) is 43.3 Å². The van der Waals surface area contributed by atoms with Crippen LogP contribution >= 0.6 is 0 Å². The number of allylic oxidation sites excluding steroid dienone is 4. The van der Waals surface area contributed by atoms with Crippen molar-refractivity contribution in [3.63, 3.8) is 0 Å². The quantitative estimate of drug-likeness (QED) is 0.155. The van der Waals surface area contributed by atoms with Crippen LogP contribution in [0, 0.1) is 29.1 Å². The van der Waals surface area contributed by atoms with Crippen LogP contribution in [0.3, 0.4) is 0 Å². The zero-order chi connectivity index (χ0) is 38.6. The van der Waals surface area contributed by atoms with Gasteiger partial charge in [-0.3, -0.25) is 0 Å². The molecule has 0 aromatic heterocycles. The molecular formula is C45H82O3Si3. The third kappa shape index (κ3) is 9.84. The summed E-state index contributed by atoms with van der Waals surface area (Å²) in [6.07, 6.45) is 21.6. The van der Waals surface area contributed by atoms with Crippen LogP contribution in [0.5, 0.6) is 0 Å². The van der Waals surface area contributed by atoms with Crippen LogP contribution in [0.1, 0.15) is 134 Å². The maximum atomic E-state index is 7.14. The smallest absolute Gasteiger partial charge is 0.192 e. The molecule has 0 bridgehead atoms. The molecule has 292 valence electrons. The molecule has 6 unspecified atom stereocenters. The fraction of sp³-hybridized carbons (Fsp3) is 0.822. The molecule has 0 spiro atoms. The Kier molecular flexibility index (Phi) is 12.9. The normalized spacial score (nSPS) is 31.8. The minimum absolute atomic E-state index is 0.0271. The van der Waals surface area contributed by atoms with Crippen LogP contribution in [0.15, 0.2) is 47.6 Å². The molecule has 0 N–H and O–H groups in total. The summed E-state index contributed by atoms with van der Waals surface area (Å²) in [6.45, 7) is 45.4. The number of fused-ring (bicyclic) bond motifs is 1. The monoisotopic (exact) mass is 755 g/mol. The van der Waals surface area contributed by atoms with Gasteiger partial charge in [-0.15, -0.1) is 0 Å². The van der Waals surface area contributed by atoms with E-state index in [0.29, 0.717) is 23.4 Å². The summed E-state index contributed by atoms with van der Waals surface area (Å²) >= 11 is 0. The van der Waals surface area contributed by atoms with Gasteiger partial charge in [-0.05, 0) is 146 Å². The lowest BCUT2D eigenvalue weighted by molar-refractivity contribution is 0.0969. The van der Waals surface area contributed by atoms with Gasteiger partial charge in [0, 0.05) is 6.42 Å². The SMILES string of the molecule is C=C1C(=CC=C2CCC[C@@]3(C)C2CCC3C(C)C=CC(O[Si](C)(C)C(C)(C)C)C2CC2)CC(O[Si](C)(C)C(C)(C)C)CC1O[Si](C)(C)C(C)(C)C. The van der Waals surface area contributed by atoms with Crippen LogP contribution in [0.25, 0.3) is 0 Å². The van der Waals surface area contributed by atoms with Gasteiger partial charge in [0.25, 0.3) is 0 Å². The van der Waals surface area contributed by atoms with E-state index in [1.54, 1.807) is 5.57 Å². The van der Waals surface area contributed by atoms with E-state index in [1.807, 2.05) is 0 Å². The van der Waals surface area contributed by atoms with Gasteiger partial charge in [0.15, 0.2) is 25.0 Å². The Morgan fingerprint density at radius 2 is 1.33 bits per heavy atom. The highest BCUT2D eigenvalue weighted by molar-refractivity contribution is 6.75. The zero-order valence-corrected chi connectivity index (χ0v) is 39.6. The highest BCUT2D eigenvalue weighted by Crippen LogP contribution is 2.60. The fourth-order valence-corrected chi connectivity index (χ4v) is 12.5. The van der Waals surface area contributed by atoms with Crippen molar-refractivity contribution in [2.24, 2.45) is 29.1 Å². The molecule has 51 heavy (non-hydrogen) atoms. The standard InChI is InChI=1S/C45H82O3Si3/c1-32(21-28-40(35-23-24-35)47-50(15,16)43(6,7)8)38-26-27-39-34(20-19-29-45(38,39)12)22-25-36-30-37(46-49(13,14)42(3,4)5)31-41(33(36)2)48-51(17,18)44(9,10)11/h21-22,25,28,32,35,37-41H,2,19-20,23-24,26-27,29-31H2,1,3-18H3/t32?,37?,38?,39?,40?,41?,45-/m1/s1. The first-order chi connectivity index (χ1) is 23.1. The average molecular weight is 755 g/mol. The minimum Gasteiger partial charge on any atom is -0.413 e. The Balaban J connectivity index is 1.56. The van der Waals surface area contributed by atoms with Crippen LogP contribution in [0.4, 0.5) is 0 Å². The van der Waals surface area contributed by atoms with Crippen molar-refractivity contribution in [1.29, 1.82) is 0 Å². The van der Waals surface area contributed by atoms with Gasteiger partial charge in [0.05, 0.1) is 18.3 Å². The maximum absolute atomic E-state index is 7.14. The second-order valence-corrected chi connectivity index (χ2v) is 36.6. The van der Waals surface area contributed by atoms with E-state index >= 15 is 0 Å². The van der Waals surface area contributed by atoms with Crippen molar-refractivity contribution in [2.45, 2.75) is 207 Å². The first kappa shape index (κ1) is 43.2. The lowest BCUT2D eigenvalue weighted by Crippen LogP contribution is -2.49. The second-order valence-electron chi connectivity index (χ2n) is 22.3. The van der Waals surface area contributed by atoms with E-state index in [-0.39, 0.29) is 27.3 Å². The molecule has 4 saturated carbocycles. The highest BCUT2D eigenvalue weighted by atomic mass is 28.4. The largest absolute Gasteiger partial charge is 0.413 e. The highest BCUT2D eigenvalue weighted by Gasteiger charge is 2.51. The number of hydrogen-bond acceptors (Lipinski definition) is 3. The Morgan fingerprint density at radius 3 is 1.88 bits per heavy atom. The summed E-state index contributed by atoms with van der Waals surface area (Å²) in [5.74, 6) is 2.68. The van der Waals surface area contributed by atoms with Crippen molar-refractivity contribution in [3.8, 4) is 0 Å². The molecule has 0 aromatic carbocycles. The lowest BCUT2D eigenvalue weighted by atomic mass is 9.61. The predicted octanol–water partition coefficient (Wildman–Crippen LogP) is 14.2. The summed E-state index contributed by atoms with van der Waals surface area (Å²) in [5.41, 5.74) is 4.58. The van der Waals surface area contributed by atoms with E-state index in [9.17, 15) is 0 Å². The van der Waals surface area contributed by atoms with E-state index in [0.717, 1.165) is 24.7 Å². The molecule has 0 saturated heterocycles. The van der Waals surface area contributed by atoms with Crippen molar-refractivity contribution >= 4 is 25.0 Å². The molecule has 6 heteroatoms. The molecule has 0 radical (unpaired) electrons. The molecule has 3 nitrogen and oxygen atoms in total. The molecular weight excluding hydrogens is 673 g/mol. The summed E-state index contributed by atoms with van der Waals surface area (Å²) in [4.78, 5) is 0. The molecule has 0 aliphatic heterocycles. The third-order valence-electron chi connectivity index (χ3n) is 15.3. The molecule has 0 heterocycles. The van der Waals surface area contributed by atoms with E-state index in [2.05, 4.69) is 140 Å². The summed E-state index contributed by atoms with van der Waals surface area (Å²) in [6, 6.07) is 0. The second kappa shape index (κ2) is 15.2. The Morgan fingerprint density at radius 1 is 0.765 bits per heavy atom. The molecule has 4 fully saturated rings. The van der Waals surface area contributed by atoms with Gasteiger partial charge in [-0.1, -0.05) is 113 Å². The van der Waals surface area contributed by atoms with Crippen molar-refractivity contribution in [3.05, 3.63) is 47.6 Å².